The van der Waals surface area contributed by atoms with Gasteiger partial charge in [0, 0.05) is 36.1 Å². The van der Waals surface area contributed by atoms with Crippen LogP contribution in [0.25, 0.3) is 60.3 Å². The van der Waals surface area contributed by atoms with E-state index in [0.29, 0.717) is 29.5 Å². The number of halogens is 3. The smallest absolute Gasteiger partial charge is 0.145 e. The van der Waals surface area contributed by atoms with E-state index in [0.717, 1.165) is 37.3 Å². The van der Waals surface area contributed by atoms with Crippen molar-refractivity contribution in [2.24, 2.45) is 0 Å². The summed E-state index contributed by atoms with van der Waals surface area (Å²) >= 11 is 10.8. The molecule has 1 unspecified atom stereocenters. The lowest BCUT2D eigenvalue weighted by Crippen LogP contribution is -2.06. The monoisotopic (exact) mass is 1040 g/mol. The number of aromatic nitrogens is 3. The predicted molar refractivity (Wildman–Crippen MR) is 285 cm³/mol. The highest BCUT2D eigenvalue weighted by Gasteiger charge is 2.23. The number of alkyl halides is 1. The Labute approximate surface area is 403 Å². The average molecular weight is 1040 g/mol. The van der Waals surface area contributed by atoms with Gasteiger partial charge >= 0.3 is 0 Å². The Morgan fingerprint density at radius 3 is 1.58 bits per heavy atom. The summed E-state index contributed by atoms with van der Waals surface area (Å²) in [4.78, 5) is 20.3. The maximum absolute atomic E-state index is 11.1. The molecule has 0 saturated carbocycles. The normalized spacial score (nSPS) is 12.1. The Kier molecular flexibility index (Phi) is 14.5. The van der Waals surface area contributed by atoms with E-state index in [1.54, 1.807) is 0 Å². The van der Waals surface area contributed by atoms with E-state index < -0.39 is 0 Å². The summed E-state index contributed by atoms with van der Waals surface area (Å²) in [5.41, 5.74) is 20.5. The second-order valence-electron chi connectivity index (χ2n) is 18.0. The molecule has 1 atom stereocenters. The average Bonchev–Trinajstić information content (AvgIpc) is 3.71. The number of hydrogen-bond acceptors (Lipinski definition) is 4. The summed E-state index contributed by atoms with van der Waals surface area (Å²) in [6.45, 7) is 22.0. The lowest BCUT2D eigenvalue weighted by Gasteiger charge is -2.21. The molecular weight excluding hydrogens is 984 g/mol. The van der Waals surface area contributed by atoms with Crippen LogP contribution in [0.15, 0.2) is 124 Å². The minimum Gasteiger partial charge on any atom is -0.383 e. The number of carbonyl (C=O) groups is 1. The Morgan fingerprint density at radius 2 is 1.05 bits per heavy atom. The second-order valence-corrected chi connectivity index (χ2v) is 20.9. The zero-order valence-corrected chi connectivity index (χ0v) is 43.2. The van der Waals surface area contributed by atoms with Gasteiger partial charge in [-0.25, -0.2) is 9.97 Å². The molecule has 0 spiro atoms. The SMILES string of the molecule is CC(C)c1cc(Br)cc(C(C)C)c1C(Br)C=O.Cc1ccc2c(c1)c1ccccc1c1ncc(-c3c(C(C)C)cc(Br)cc3C(C)C)n21.Cc1ccc2nc(N)c3ccccc3c2c1. The minimum atomic E-state index is -0.217. The number of carbonyl (C=O) groups excluding carboxylic acids is 1. The lowest BCUT2D eigenvalue weighted by molar-refractivity contribution is -0.107. The number of anilines is 1. The molecule has 328 valence electrons. The first-order chi connectivity index (χ1) is 30.5. The van der Waals surface area contributed by atoms with E-state index >= 15 is 0 Å². The molecule has 3 aromatic heterocycles. The molecule has 2 N–H and O–H groups in total. The fraction of sp³-hybridized carbons (Fsp3) is 0.268. The topological polar surface area (TPSA) is 73.3 Å². The number of hydrogen-bond donors (Lipinski definition) is 1. The number of nitrogen functional groups attached to an aromatic ring is 1. The molecule has 0 aliphatic carbocycles. The fourth-order valence-electron chi connectivity index (χ4n) is 8.89. The quantitative estimate of drug-likeness (QED) is 0.0981. The van der Waals surface area contributed by atoms with Crippen LogP contribution in [0.2, 0.25) is 0 Å². The van der Waals surface area contributed by atoms with Crippen molar-refractivity contribution in [2.75, 3.05) is 5.73 Å². The van der Waals surface area contributed by atoms with Crippen LogP contribution in [-0.2, 0) is 4.79 Å². The summed E-state index contributed by atoms with van der Waals surface area (Å²) in [5.74, 6) is 2.22. The van der Waals surface area contributed by atoms with E-state index in [1.807, 2.05) is 24.3 Å². The summed E-state index contributed by atoms with van der Waals surface area (Å²) in [6, 6.07) is 38.5. The number of benzene rings is 6. The highest BCUT2D eigenvalue weighted by molar-refractivity contribution is 9.10. The number of pyridine rings is 2. The molecule has 0 fully saturated rings. The van der Waals surface area contributed by atoms with Crippen LogP contribution in [0.3, 0.4) is 0 Å². The molecule has 6 aromatic carbocycles. The summed E-state index contributed by atoms with van der Waals surface area (Å²) in [6.07, 6.45) is 3.03. The lowest BCUT2D eigenvalue weighted by atomic mass is 9.87. The third-order valence-corrected chi connectivity index (χ3v) is 13.6. The first-order valence-corrected chi connectivity index (χ1v) is 24.6. The maximum atomic E-state index is 11.1. The molecule has 3 heterocycles. The van der Waals surface area contributed by atoms with E-state index in [2.05, 4.69) is 218 Å². The van der Waals surface area contributed by atoms with Gasteiger partial charge in [-0.1, -0.05) is 175 Å². The van der Waals surface area contributed by atoms with Crippen molar-refractivity contribution >= 4 is 109 Å². The summed E-state index contributed by atoms with van der Waals surface area (Å²) < 4.78 is 4.60. The maximum Gasteiger partial charge on any atom is 0.145 e. The standard InChI is InChI=1S/C28H27BrN2.C14H18Br2O.C14H12N2/c1-16(2)22-13-19(29)14-23(17(3)4)27(22)26-15-30-28-21-9-7-6-8-20(21)24-12-18(5)10-11-25(24)31(26)28;1-8(2)11-5-10(15)6-12(9(3)4)14(11)13(16)7-17;1-9-6-7-13-12(8-9)10-4-2-3-5-11(10)14(15)16-13/h6-17H,1-5H3;5-9,13H,1-4H3;2-8H,1H3,(H2,15,16). The van der Waals surface area contributed by atoms with E-state index in [-0.39, 0.29) is 4.83 Å². The van der Waals surface area contributed by atoms with Gasteiger partial charge in [0.05, 0.1) is 27.8 Å². The van der Waals surface area contributed by atoms with Crippen LogP contribution in [0.1, 0.15) is 123 Å². The van der Waals surface area contributed by atoms with Gasteiger partial charge in [-0.15, -0.1) is 0 Å². The van der Waals surface area contributed by atoms with Gasteiger partial charge in [-0.05, 0) is 125 Å². The molecule has 0 aliphatic rings. The van der Waals surface area contributed by atoms with Gasteiger partial charge in [0.2, 0.25) is 0 Å². The number of aryl methyl sites for hydroxylation is 2. The van der Waals surface area contributed by atoms with Crippen LogP contribution >= 0.6 is 47.8 Å². The van der Waals surface area contributed by atoms with Crippen molar-refractivity contribution in [1.29, 1.82) is 0 Å². The van der Waals surface area contributed by atoms with Gasteiger partial charge < -0.3 is 10.5 Å². The van der Waals surface area contributed by atoms with Crippen molar-refractivity contribution in [3.63, 3.8) is 0 Å². The first-order valence-electron chi connectivity index (χ1n) is 22.1. The summed E-state index contributed by atoms with van der Waals surface area (Å²) in [5, 5.41) is 7.10. The van der Waals surface area contributed by atoms with E-state index in [9.17, 15) is 4.79 Å². The molecule has 5 nitrogen and oxygen atoms in total. The molecule has 0 radical (unpaired) electrons. The van der Waals surface area contributed by atoms with Crippen LogP contribution in [0.5, 0.6) is 0 Å². The molecule has 8 heteroatoms. The molecule has 9 rings (SSSR count). The van der Waals surface area contributed by atoms with Gasteiger partial charge in [0.1, 0.15) is 17.8 Å². The predicted octanol–water partition coefficient (Wildman–Crippen LogP) is 17.2. The highest BCUT2D eigenvalue weighted by atomic mass is 79.9. The highest BCUT2D eigenvalue weighted by Crippen LogP contribution is 2.42. The Hall–Kier alpha value is -4.89. The molecule has 0 amide bonds. The van der Waals surface area contributed by atoms with Crippen LogP contribution in [0.4, 0.5) is 5.82 Å². The fourth-order valence-corrected chi connectivity index (χ4v) is 10.4. The van der Waals surface area contributed by atoms with Gasteiger partial charge in [-0.3, -0.25) is 4.40 Å². The third kappa shape index (κ3) is 9.43. The number of fused-ring (bicyclic) bond motifs is 9. The number of aldehydes is 1. The van der Waals surface area contributed by atoms with Crippen LogP contribution in [-0.4, -0.2) is 20.7 Å². The Bertz CT molecular complexity index is 3120. The molecule has 64 heavy (non-hydrogen) atoms. The first kappa shape index (κ1) is 47.1. The van der Waals surface area contributed by atoms with Crippen molar-refractivity contribution in [1.82, 2.24) is 14.4 Å². The molecule has 9 aromatic rings. The Morgan fingerprint density at radius 1 is 0.578 bits per heavy atom. The van der Waals surface area contributed by atoms with Crippen LogP contribution in [0, 0.1) is 13.8 Å². The van der Waals surface area contributed by atoms with Crippen molar-refractivity contribution in [2.45, 2.75) is 97.7 Å². The third-order valence-electron chi connectivity index (χ3n) is 12.0. The van der Waals surface area contributed by atoms with Crippen LogP contribution < -0.4 is 5.73 Å². The molecule has 0 aliphatic heterocycles. The molecule has 0 saturated heterocycles. The van der Waals surface area contributed by atoms with Gasteiger partial charge in [0.15, 0.2) is 0 Å². The minimum absolute atomic E-state index is 0.217. The van der Waals surface area contributed by atoms with E-state index in [4.69, 9.17) is 10.7 Å². The number of nitrogens with two attached hydrogens (primary N) is 1. The summed E-state index contributed by atoms with van der Waals surface area (Å²) in [7, 11) is 0. The largest absolute Gasteiger partial charge is 0.383 e. The van der Waals surface area contributed by atoms with Crippen molar-refractivity contribution in [3.8, 4) is 11.3 Å². The van der Waals surface area contributed by atoms with Gasteiger partial charge in [-0.2, -0.15) is 0 Å². The Balaban J connectivity index is 0.000000157. The number of rotatable bonds is 7. The molecule has 0 bridgehead atoms. The van der Waals surface area contributed by atoms with Gasteiger partial charge in [0.25, 0.3) is 0 Å². The van der Waals surface area contributed by atoms with Crippen molar-refractivity contribution < 1.29 is 4.79 Å². The zero-order chi connectivity index (χ0) is 46.1. The van der Waals surface area contributed by atoms with Crippen molar-refractivity contribution in [3.05, 3.63) is 163 Å². The number of nitrogens with zero attached hydrogens (tertiary/aromatic N) is 3. The second kappa shape index (κ2) is 19.7. The molecular formula is C56H57Br3N4O. The van der Waals surface area contributed by atoms with E-state index in [1.165, 1.54) is 77.1 Å². The zero-order valence-electron chi connectivity index (χ0n) is 38.4. The number of imidazole rings is 1.